The minimum atomic E-state index is -0.440. The zero-order valence-corrected chi connectivity index (χ0v) is 11.3. The first-order valence-electron chi connectivity index (χ1n) is 5.83. The van der Waals surface area contributed by atoms with Gasteiger partial charge in [-0.15, -0.1) is 0 Å². The number of hydrogen-bond acceptors (Lipinski definition) is 4. The van der Waals surface area contributed by atoms with Gasteiger partial charge in [0, 0.05) is 18.7 Å². The van der Waals surface area contributed by atoms with Crippen molar-refractivity contribution in [3.63, 3.8) is 0 Å². The van der Waals surface area contributed by atoms with Crippen LogP contribution in [0.4, 0.5) is 11.4 Å². The van der Waals surface area contributed by atoms with Gasteiger partial charge in [-0.1, -0.05) is 25.4 Å². The third-order valence-corrected chi connectivity index (χ3v) is 3.29. The second-order valence-electron chi connectivity index (χ2n) is 4.54. The lowest BCUT2D eigenvalue weighted by Crippen LogP contribution is -2.27. The second kappa shape index (κ2) is 6.56. The Labute approximate surface area is 111 Å². The van der Waals surface area contributed by atoms with Crippen molar-refractivity contribution >= 4 is 23.0 Å². The Balaban J connectivity index is 2.77. The highest BCUT2D eigenvalue weighted by molar-refractivity contribution is 6.33. The number of halogens is 1. The SMILES string of the molecule is CC(C)C(CN)CNc1cc([N+](=O)[O-])ccc1Cl. The molecule has 1 atom stereocenters. The van der Waals surface area contributed by atoms with Crippen molar-refractivity contribution in [3.8, 4) is 0 Å². The third kappa shape index (κ3) is 3.85. The molecule has 0 aliphatic heterocycles. The van der Waals surface area contributed by atoms with E-state index in [1.165, 1.54) is 18.2 Å². The van der Waals surface area contributed by atoms with Crippen molar-refractivity contribution in [2.75, 3.05) is 18.4 Å². The predicted molar refractivity (Wildman–Crippen MR) is 74.0 cm³/mol. The van der Waals surface area contributed by atoms with E-state index in [0.29, 0.717) is 35.6 Å². The highest BCUT2D eigenvalue weighted by Gasteiger charge is 2.13. The first-order chi connectivity index (χ1) is 8.45. The number of hydrogen-bond donors (Lipinski definition) is 2. The van der Waals surface area contributed by atoms with Gasteiger partial charge in [-0.25, -0.2) is 0 Å². The van der Waals surface area contributed by atoms with Crippen LogP contribution in [0.15, 0.2) is 18.2 Å². The molecule has 0 aliphatic rings. The number of nitrogens with two attached hydrogens (primary N) is 1. The van der Waals surface area contributed by atoms with E-state index in [1.807, 2.05) is 0 Å². The van der Waals surface area contributed by atoms with Crippen LogP contribution >= 0.6 is 11.6 Å². The monoisotopic (exact) mass is 271 g/mol. The molecule has 0 saturated heterocycles. The Kier molecular flexibility index (Phi) is 5.37. The van der Waals surface area contributed by atoms with Crippen LogP contribution in [0.2, 0.25) is 5.02 Å². The summed E-state index contributed by atoms with van der Waals surface area (Å²) < 4.78 is 0. The largest absolute Gasteiger partial charge is 0.383 e. The topological polar surface area (TPSA) is 81.2 Å². The third-order valence-electron chi connectivity index (χ3n) is 2.96. The Morgan fingerprint density at radius 1 is 1.50 bits per heavy atom. The number of benzene rings is 1. The maximum Gasteiger partial charge on any atom is 0.271 e. The van der Waals surface area contributed by atoms with E-state index in [0.717, 1.165) is 0 Å². The quantitative estimate of drug-likeness (QED) is 0.616. The minimum Gasteiger partial charge on any atom is -0.383 e. The number of non-ortho nitro benzene ring substituents is 1. The summed E-state index contributed by atoms with van der Waals surface area (Å²) >= 11 is 5.99. The Morgan fingerprint density at radius 3 is 2.67 bits per heavy atom. The molecule has 0 aromatic heterocycles. The molecule has 0 amide bonds. The molecule has 0 radical (unpaired) electrons. The summed E-state index contributed by atoms with van der Waals surface area (Å²) in [6, 6.07) is 4.35. The molecule has 1 rings (SSSR count). The molecule has 3 N–H and O–H groups in total. The standard InChI is InChI=1S/C12H18ClN3O2/c1-8(2)9(6-14)7-15-12-5-10(16(17)18)3-4-11(12)13/h3-5,8-9,15H,6-7,14H2,1-2H3. The van der Waals surface area contributed by atoms with Crippen molar-refractivity contribution in [2.24, 2.45) is 17.6 Å². The van der Waals surface area contributed by atoms with Crippen LogP contribution in [0.3, 0.4) is 0 Å². The normalized spacial score (nSPS) is 12.5. The molecule has 0 saturated carbocycles. The van der Waals surface area contributed by atoms with E-state index >= 15 is 0 Å². The van der Waals surface area contributed by atoms with Crippen molar-refractivity contribution in [1.29, 1.82) is 0 Å². The van der Waals surface area contributed by atoms with E-state index in [1.54, 1.807) is 0 Å². The average molecular weight is 272 g/mol. The summed E-state index contributed by atoms with van der Waals surface area (Å²) in [4.78, 5) is 10.2. The van der Waals surface area contributed by atoms with Gasteiger partial charge in [0.1, 0.15) is 0 Å². The van der Waals surface area contributed by atoms with Crippen LogP contribution in [0.1, 0.15) is 13.8 Å². The molecule has 0 spiro atoms. The summed E-state index contributed by atoms with van der Waals surface area (Å²) in [7, 11) is 0. The number of nitro groups is 1. The van der Waals surface area contributed by atoms with Crippen LogP contribution in [0.25, 0.3) is 0 Å². The summed E-state index contributed by atoms with van der Waals surface area (Å²) in [6.45, 7) is 5.40. The summed E-state index contributed by atoms with van der Waals surface area (Å²) in [5.41, 5.74) is 6.27. The number of nitrogens with one attached hydrogen (secondary N) is 1. The van der Waals surface area contributed by atoms with Gasteiger partial charge in [0.05, 0.1) is 15.6 Å². The summed E-state index contributed by atoms with van der Waals surface area (Å²) in [5.74, 6) is 0.750. The van der Waals surface area contributed by atoms with Gasteiger partial charge in [-0.2, -0.15) is 0 Å². The van der Waals surface area contributed by atoms with Crippen LogP contribution in [0, 0.1) is 22.0 Å². The predicted octanol–water partition coefficient (Wildman–Crippen LogP) is 2.89. The molecule has 1 unspecified atom stereocenters. The fourth-order valence-electron chi connectivity index (χ4n) is 1.59. The molecule has 5 nitrogen and oxygen atoms in total. The second-order valence-corrected chi connectivity index (χ2v) is 4.95. The number of rotatable bonds is 6. The van der Waals surface area contributed by atoms with E-state index in [2.05, 4.69) is 19.2 Å². The van der Waals surface area contributed by atoms with E-state index in [4.69, 9.17) is 17.3 Å². The number of nitro benzene ring substituents is 1. The average Bonchev–Trinajstić information content (AvgIpc) is 2.31. The van der Waals surface area contributed by atoms with Gasteiger partial charge in [0.15, 0.2) is 0 Å². The number of anilines is 1. The van der Waals surface area contributed by atoms with E-state index < -0.39 is 4.92 Å². The van der Waals surface area contributed by atoms with Crippen LogP contribution in [-0.2, 0) is 0 Å². The van der Waals surface area contributed by atoms with Gasteiger partial charge in [-0.05, 0) is 24.4 Å². The molecule has 100 valence electrons. The first-order valence-corrected chi connectivity index (χ1v) is 6.21. The maximum absolute atomic E-state index is 10.7. The van der Waals surface area contributed by atoms with Crippen molar-refractivity contribution < 1.29 is 4.92 Å². The van der Waals surface area contributed by atoms with Gasteiger partial charge in [0.25, 0.3) is 5.69 Å². The minimum absolute atomic E-state index is 0.0238. The molecular weight excluding hydrogens is 254 g/mol. The lowest BCUT2D eigenvalue weighted by Gasteiger charge is -2.20. The molecule has 0 aliphatic carbocycles. The van der Waals surface area contributed by atoms with Gasteiger partial charge >= 0.3 is 0 Å². The lowest BCUT2D eigenvalue weighted by atomic mass is 9.96. The van der Waals surface area contributed by atoms with Gasteiger partial charge < -0.3 is 11.1 Å². The summed E-state index contributed by atoms with van der Waals surface area (Å²) in [6.07, 6.45) is 0. The Morgan fingerprint density at radius 2 is 2.17 bits per heavy atom. The maximum atomic E-state index is 10.7. The van der Waals surface area contributed by atoms with Crippen LogP contribution in [-0.4, -0.2) is 18.0 Å². The molecule has 18 heavy (non-hydrogen) atoms. The first kappa shape index (κ1) is 14.7. The molecule has 1 aromatic rings. The molecule has 1 aromatic carbocycles. The molecule has 0 fully saturated rings. The fraction of sp³-hybridized carbons (Fsp3) is 0.500. The molecule has 0 bridgehead atoms. The van der Waals surface area contributed by atoms with Gasteiger partial charge in [0.2, 0.25) is 0 Å². The highest BCUT2D eigenvalue weighted by atomic mass is 35.5. The van der Waals surface area contributed by atoms with Crippen LogP contribution in [0.5, 0.6) is 0 Å². The van der Waals surface area contributed by atoms with Crippen molar-refractivity contribution in [3.05, 3.63) is 33.3 Å². The molecule has 6 heteroatoms. The van der Waals surface area contributed by atoms with Crippen molar-refractivity contribution in [2.45, 2.75) is 13.8 Å². The van der Waals surface area contributed by atoms with Gasteiger partial charge in [-0.3, -0.25) is 10.1 Å². The molecule has 0 heterocycles. The Hall–Kier alpha value is -1.33. The van der Waals surface area contributed by atoms with Crippen molar-refractivity contribution in [1.82, 2.24) is 0 Å². The molecular formula is C12H18ClN3O2. The number of nitrogens with zero attached hydrogens (tertiary/aromatic N) is 1. The highest BCUT2D eigenvalue weighted by Crippen LogP contribution is 2.27. The zero-order valence-electron chi connectivity index (χ0n) is 10.5. The zero-order chi connectivity index (χ0) is 13.7. The van der Waals surface area contributed by atoms with E-state index in [9.17, 15) is 10.1 Å². The van der Waals surface area contributed by atoms with E-state index in [-0.39, 0.29) is 5.69 Å². The summed E-state index contributed by atoms with van der Waals surface area (Å²) in [5, 5.41) is 14.3. The lowest BCUT2D eigenvalue weighted by molar-refractivity contribution is -0.384. The smallest absolute Gasteiger partial charge is 0.271 e. The Bertz CT molecular complexity index is 424. The van der Waals surface area contributed by atoms with Crippen LogP contribution < -0.4 is 11.1 Å². The fourth-order valence-corrected chi connectivity index (χ4v) is 1.78.